The first-order valence-corrected chi connectivity index (χ1v) is 3.14. The maximum atomic E-state index is 10.3. The Morgan fingerprint density at radius 1 is 1.80 bits per heavy atom. The molecule has 2 atom stereocenters. The van der Waals surface area contributed by atoms with Crippen molar-refractivity contribution in [3.8, 4) is 0 Å². The highest BCUT2D eigenvalue weighted by Gasteiger charge is 2.35. The van der Waals surface area contributed by atoms with Gasteiger partial charge in [-0.3, -0.25) is 0 Å². The zero-order valence-corrected chi connectivity index (χ0v) is 6.16. The van der Waals surface area contributed by atoms with Gasteiger partial charge in [-0.2, -0.15) is 0 Å². The summed E-state index contributed by atoms with van der Waals surface area (Å²) in [5, 5.41) is 17.5. The molecule has 4 N–H and O–H groups in total. The molecule has 0 aromatic rings. The minimum absolute atomic E-state index is 0.444. The number of aliphatic hydroxyl groups is 1. The molecule has 0 aliphatic carbocycles. The molecule has 0 bridgehead atoms. The van der Waals surface area contributed by atoms with Gasteiger partial charge in [0, 0.05) is 6.04 Å². The largest absolute Gasteiger partial charge is 0.479 e. The first-order valence-electron chi connectivity index (χ1n) is 3.14. The molecule has 60 valence electrons. The van der Waals surface area contributed by atoms with Crippen LogP contribution in [0.3, 0.4) is 0 Å². The van der Waals surface area contributed by atoms with Crippen LogP contribution in [0.4, 0.5) is 0 Å². The van der Waals surface area contributed by atoms with Crippen LogP contribution in [0.5, 0.6) is 0 Å². The van der Waals surface area contributed by atoms with Gasteiger partial charge in [-0.1, -0.05) is 6.92 Å². The zero-order chi connectivity index (χ0) is 8.36. The molecule has 0 aromatic carbocycles. The summed E-state index contributed by atoms with van der Waals surface area (Å²) < 4.78 is 0. The average Bonchev–Trinajstić information content (AvgIpc) is 1.86. The van der Waals surface area contributed by atoms with Crippen LogP contribution in [0.15, 0.2) is 0 Å². The van der Waals surface area contributed by atoms with E-state index in [9.17, 15) is 4.79 Å². The van der Waals surface area contributed by atoms with Crippen molar-refractivity contribution >= 4 is 5.97 Å². The molecule has 2 unspecified atom stereocenters. The molecule has 0 rings (SSSR count). The number of hydrogen-bond donors (Lipinski definition) is 3. The van der Waals surface area contributed by atoms with Crippen LogP contribution in [-0.2, 0) is 4.79 Å². The maximum Gasteiger partial charge on any atom is 0.337 e. The number of nitrogens with two attached hydrogens (primary N) is 1. The molecule has 0 spiro atoms. The summed E-state index contributed by atoms with van der Waals surface area (Å²) in [4.78, 5) is 10.3. The summed E-state index contributed by atoms with van der Waals surface area (Å²) >= 11 is 0. The van der Waals surface area contributed by atoms with Crippen LogP contribution in [0.25, 0.3) is 0 Å². The first-order chi connectivity index (χ1) is 4.42. The fraction of sp³-hybridized carbons (Fsp3) is 0.833. The highest BCUT2D eigenvalue weighted by molar-refractivity contribution is 5.77. The molecule has 0 saturated heterocycles. The van der Waals surface area contributed by atoms with Gasteiger partial charge in [0.1, 0.15) is 0 Å². The van der Waals surface area contributed by atoms with Crippen molar-refractivity contribution in [2.24, 2.45) is 5.73 Å². The van der Waals surface area contributed by atoms with Crippen molar-refractivity contribution in [3.63, 3.8) is 0 Å². The molecule has 4 heteroatoms. The Morgan fingerprint density at radius 2 is 2.20 bits per heavy atom. The Morgan fingerprint density at radius 3 is 2.30 bits per heavy atom. The maximum absolute atomic E-state index is 10.3. The quantitative estimate of drug-likeness (QED) is 0.505. The summed E-state index contributed by atoms with van der Waals surface area (Å²) in [5.41, 5.74) is 3.52. The Balaban J connectivity index is 4.23. The summed E-state index contributed by atoms with van der Waals surface area (Å²) in [6.45, 7) is 2.92. The van der Waals surface area contributed by atoms with Crippen LogP contribution in [0, 0.1) is 0 Å². The minimum atomic E-state index is -1.80. The zero-order valence-electron chi connectivity index (χ0n) is 6.16. The second kappa shape index (κ2) is 2.98. The molecule has 0 aliphatic rings. The molecule has 0 amide bonds. The SMILES string of the molecule is CCC(N)C(C)(O)C(=O)O. The van der Waals surface area contributed by atoms with Gasteiger partial charge in [0.05, 0.1) is 0 Å². The number of carboxylic acids is 1. The van der Waals surface area contributed by atoms with E-state index < -0.39 is 17.6 Å². The topological polar surface area (TPSA) is 83.5 Å². The first kappa shape index (κ1) is 9.39. The van der Waals surface area contributed by atoms with Gasteiger partial charge in [0.15, 0.2) is 5.60 Å². The Hall–Kier alpha value is -0.610. The van der Waals surface area contributed by atoms with E-state index in [4.69, 9.17) is 15.9 Å². The third-order valence-corrected chi connectivity index (χ3v) is 1.59. The number of aliphatic carboxylic acids is 1. The van der Waals surface area contributed by atoms with Gasteiger partial charge in [0.25, 0.3) is 0 Å². The lowest BCUT2D eigenvalue weighted by Crippen LogP contribution is -2.51. The van der Waals surface area contributed by atoms with E-state index in [1.807, 2.05) is 0 Å². The molecule has 10 heavy (non-hydrogen) atoms. The van der Waals surface area contributed by atoms with Gasteiger partial charge in [-0.05, 0) is 13.3 Å². The highest BCUT2D eigenvalue weighted by atomic mass is 16.4. The van der Waals surface area contributed by atoms with Crippen molar-refractivity contribution in [2.45, 2.75) is 31.9 Å². The van der Waals surface area contributed by atoms with Crippen molar-refractivity contribution in [1.82, 2.24) is 0 Å². The molecule has 4 nitrogen and oxygen atoms in total. The molecule has 0 radical (unpaired) electrons. The van der Waals surface area contributed by atoms with Crippen LogP contribution in [-0.4, -0.2) is 27.8 Å². The molecule has 0 saturated carbocycles. The third-order valence-electron chi connectivity index (χ3n) is 1.59. The van der Waals surface area contributed by atoms with Crippen molar-refractivity contribution in [3.05, 3.63) is 0 Å². The predicted molar refractivity (Wildman–Crippen MR) is 36.5 cm³/mol. The predicted octanol–water partition coefficient (Wildman–Crippen LogP) is -0.441. The summed E-state index contributed by atoms with van der Waals surface area (Å²) in [6, 6.07) is -0.704. The second-order valence-corrected chi connectivity index (χ2v) is 2.47. The van der Waals surface area contributed by atoms with Crippen LogP contribution in [0.1, 0.15) is 20.3 Å². The Labute approximate surface area is 59.7 Å². The van der Waals surface area contributed by atoms with Crippen molar-refractivity contribution in [1.29, 1.82) is 0 Å². The van der Waals surface area contributed by atoms with E-state index in [1.54, 1.807) is 6.92 Å². The van der Waals surface area contributed by atoms with E-state index >= 15 is 0 Å². The molecule has 0 heterocycles. The summed E-state index contributed by atoms with van der Waals surface area (Å²) in [5.74, 6) is -1.28. The standard InChI is InChI=1S/C6H13NO3/c1-3-4(7)6(2,10)5(8)9/h4,10H,3,7H2,1-2H3,(H,8,9). The van der Waals surface area contributed by atoms with E-state index in [-0.39, 0.29) is 0 Å². The number of carbonyl (C=O) groups is 1. The Bertz CT molecular complexity index is 133. The van der Waals surface area contributed by atoms with Crippen molar-refractivity contribution in [2.75, 3.05) is 0 Å². The fourth-order valence-electron chi connectivity index (χ4n) is 0.556. The smallest absolute Gasteiger partial charge is 0.337 e. The van der Waals surface area contributed by atoms with Gasteiger partial charge in [0.2, 0.25) is 0 Å². The second-order valence-electron chi connectivity index (χ2n) is 2.47. The number of carboxylic acid groups (broad SMARTS) is 1. The molecular weight excluding hydrogens is 134 g/mol. The van der Waals surface area contributed by atoms with Gasteiger partial charge in [-0.15, -0.1) is 0 Å². The number of hydrogen-bond acceptors (Lipinski definition) is 3. The lowest BCUT2D eigenvalue weighted by Gasteiger charge is -2.23. The molecular formula is C6H13NO3. The Kier molecular flexibility index (Phi) is 2.80. The van der Waals surface area contributed by atoms with Crippen LogP contribution < -0.4 is 5.73 Å². The molecule has 0 fully saturated rings. The van der Waals surface area contributed by atoms with Crippen LogP contribution in [0.2, 0.25) is 0 Å². The molecule has 0 aliphatic heterocycles. The van der Waals surface area contributed by atoms with E-state index in [0.29, 0.717) is 6.42 Å². The van der Waals surface area contributed by atoms with Gasteiger partial charge < -0.3 is 15.9 Å². The van der Waals surface area contributed by atoms with Crippen LogP contribution >= 0.6 is 0 Å². The molecule has 0 aromatic heterocycles. The van der Waals surface area contributed by atoms with E-state index in [0.717, 1.165) is 0 Å². The van der Waals surface area contributed by atoms with E-state index in [1.165, 1.54) is 6.92 Å². The lowest BCUT2D eigenvalue weighted by molar-refractivity contribution is -0.158. The fourth-order valence-corrected chi connectivity index (χ4v) is 0.556. The van der Waals surface area contributed by atoms with Gasteiger partial charge in [-0.25, -0.2) is 4.79 Å². The summed E-state index contributed by atoms with van der Waals surface area (Å²) in [7, 11) is 0. The average molecular weight is 147 g/mol. The minimum Gasteiger partial charge on any atom is -0.479 e. The highest BCUT2D eigenvalue weighted by Crippen LogP contribution is 2.10. The normalized spacial score (nSPS) is 19.6. The lowest BCUT2D eigenvalue weighted by atomic mass is 9.96. The monoisotopic (exact) mass is 147 g/mol. The number of rotatable bonds is 3. The third kappa shape index (κ3) is 1.68. The van der Waals surface area contributed by atoms with Gasteiger partial charge >= 0.3 is 5.97 Å². The summed E-state index contributed by atoms with van der Waals surface area (Å²) in [6.07, 6.45) is 0.444. The van der Waals surface area contributed by atoms with E-state index in [2.05, 4.69) is 0 Å². The van der Waals surface area contributed by atoms with Crippen molar-refractivity contribution < 1.29 is 15.0 Å².